The molecule has 0 aliphatic heterocycles. The molecule has 2 amide bonds. The number of amides is 2. The summed E-state index contributed by atoms with van der Waals surface area (Å²) in [5.74, 6) is 0.0587. The van der Waals surface area contributed by atoms with Crippen molar-refractivity contribution >= 4 is 17.8 Å². The summed E-state index contributed by atoms with van der Waals surface area (Å²) in [4.78, 5) is 27.7. The molecule has 0 unspecified atom stereocenters. The lowest BCUT2D eigenvalue weighted by molar-refractivity contribution is -0.128. The predicted octanol–water partition coefficient (Wildman–Crippen LogP) is 1.50. The number of nitrogens with two attached hydrogens (primary N) is 1. The Morgan fingerprint density at radius 2 is 2.00 bits per heavy atom. The molecule has 0 fully saturated rings. The SMILES string of the molecule is Cc1nc(N)ccc1CNC(=O)[C@H](C)OC(=O)NC(C)(C)C. The average Bonchev–Trinajstić information content (AvgIpc) is 2.34. The van der Waals surface area contributed by atoms with E-state index in [1.807, 2.05) is 27.7 Å². The Hall–Kier alpha value is -2.31. The highest BCUT2D eigenvalue weighted by atomic mass is 16.6. The van der Waals surface area contributed by atoms with Crippen LogP contribution in [0.2, 0.25) is 0 Å². The molecule has 1 rings (SSSR count). The first kappa shape index (κ1) is 17.7. The monoisotopic (exact) mass is 308 g/mol. The summed E-state index contributed by atoms with van der Waals surface area (Å²) in [6, 6.07) is 3.47. The first-order chi connectivity index (χ1) is 10.1. The van der Waals surface area contributed by atoms with Crippen molar-refractivity contribution in [1.29, 1.82) is 0 Å². The van der Waals surface area contributed by atoms with Gasteiger partial charge in [0.25, 0.3) is 5.91 Å². The summed E-state index contributed by atoms with van der Waals surface area (Å²) < 4.78 is 5.03. The maximum Gasteiger partial charge on any atom is 0.408 e. The zero-order chi connectivity index (χ0) is 16.9. The number of hydrogen-bond acceptors (Lipinski definition) is 5. The van der Waals surface area contributed by atoms with Crippen molar-refractivity contribution in [2.45, 2.75) is 52.8 Å². The first-order valence-electron chi connectivity index (χ1n) is 7.07. The topological polar surface area (TPSA) is 106 Å². The quantitative estimate of drug-likeness (QED) is 0.781. The zero-order valence-corrected chi connectivity index (χ0v) is 13.7. The normalized spacial score (nSPS) is 12.4. The van der Waals surface area contributed by atoms with Crippen molar-refractivity contribution < 1.29 is 14.3 Å². The van der Waals surface area contributed by atoms with Gasteiger partial charge in [0.2, 0.25) is 0 Å². The lowest BCUT2D eigenvalue weighted by Gasteiger charge is -2.21. The van der Waals surface area contributed by atoms with E-state index in [4.69, 9.17) is 10.5 Å². The molecule has 7 heteroatoms. The van der Waals surface area contributed by atoms with Gasteiger partial charge in [-0.3, -0.25) is 4.79 Å². The number of nitrogens with zero attached hydrogens (tertiary/aromatic N) is 1. The minimum absolute atomic E-state index is 0.298. The molecule has 22 heavy (non-hydrogen) atoms. The third-order valence-corrected chi connectivity index (χ3v) is 2.80. The minimum atomic E-state index is -0.885. The molecule has 1 aromatic rings. The second-order valence-electron chi connectivity index (χ2n) is 6.12. The number of hydrogen-bond donors (Lipinski definition) is 3. The van der Waals surface area contributed by atoms with E-state index in [9.17, 15) is 9.59 Å². The van der Waals surface area contributed by atoms with Crippen molar-refractivity contribution in [2.75, 3.05) is 5.73 Å². The van der Waals surface area contributed by atoms with Gasteiger partial charge in [0.15, 0.2) is 6.10 Å². The standard InChI is InChI=1S/C15H24N4O3/c1-9-11(6-7-12(16)18-9)8-17-13(20)10(2)22-14(21)19-15(3,4)5/h6-7,10H,8H2,1-5H3,(H2,16,18)(H,17,20)(H,19,21)/t10-/m0/s1. The summed E-state index contributed by atoms with van der Waals surface area (Å²) in [7, 11) is 0. The van der Waals surface area contributed by atoms with Crippen LogP contribution in [0.25, 0.3) is 0 Å². The van der Waals surface area contributed by atoms with Gasteiger partial charge in [-0.25, -0.2) is 9.78 Å². The summed E-state index contributed by atoms with van der Waals surface area (Å²) in [6.07, 6.45) is -1.51. The maximum atomic E-state index is 11.9. The van der Waals surface area contributed by atoms with Crippen LogP contribution in [0.5, 0.6) is 0 Å². The fraction of sp³-hybridized carbons (Fsp3) is 0.533. The molecule has 122 valence electrons. The number of aromatic nitrogens is 1. The van der Waals surface area contributed by atoms with Crippen LogP contribution in [-0.2, 0) is 16.1 Å². The highest BCUT2D eigenvalue weighted by Gasteiger charge is 2.21. The van der Waals surface area contributed by atoms with Gasteiger partial charge in [0.05, 0.1) is 0 Å². The Morgan fingerprint density at radius 3 is 2.55 bits per heavy atom. The molecule has 4 N–H and O–H groups in total. The molecule has 7 nitrogen and oxygen atoms in total. The Bertz CT molecular complexity index is 552. The van der Waals surface area contributed by atoms with Crippen LogP contribution in [-0.4, -0.2) is 28.6 Å². The average molecular weight is 308 g/mol. The van der Waals surface area contributed by atoms with Gasteiger partial charge in [-0.1, -0.05) is 6.07 Å². The van der Waals surface area contributed by atoms with Gasteiger partial charge in [0, 0.05) is 17.8 Å². The largest absolute Gasteiger partial charge is 0.436 e. The van der Waals surface area contributed by atoms with Gasteiger partial charge in [-0.15, -0.1) is 0 Å². The van der Waals surface area contributed by atoms with Crippen molar-refractivity contribution in [3.8, 4) is 0 Å². The number of aryl methyl sites for hydroxylation is 1. The predicted molar refractivity (Wildman–Crippen MR) is 84.1 cm³/mol. The van der Waals surface area contributed by atoms with E-state index in [0.29, 0.717) is 12.4 Å². The Labute approximate surface area is 130 Å². The molecule has 1 aromatic heterocycles. The number of pyridine rings is 1. The lowest BCUT2D eigenvalue weighted by atomic mass is 10.1. The molecule has 0 saturated heterocycles. The molecule has 0 saturated carbocycles. The van der Waals surface area contributed by atoms with Crippen LogP contribution in [0, 0.1) is 6.92 Å². The van der Waals surface area contributed by atoms with Crippen molar-refractivity contribution in [3.05, 3.63) is 23.4 Å². The molecule has 0 radical (unpaired) electrons. The Balaban J connectivity index is 2.49. The van der Waals surface area contributed by atoms with Gasteiger partial charge in [-0.05, 0) is 46.2 Å². The van der Waals surface area contributed by atoms with Crippen LogP contribution in [0.4, 0.5) is 10.6 Å². The fourth-order valence-electron chi connectivity index (χ4n) is 1.67. The summed E-state index contributed by atoms with van der Waals surface area (Å²) in [5, 5.41) is 5.33. The summed E-state index contributed by atoms with van der Waals surface area (Å²) >= 11 is 0. The van der Waals surface area contributed by atoms with E-state index in [0.717, 1.165) is 11.3 Å². The molecule has 0 aliphatic rings. The maximum absolute atomic E-state index is 11.9. The van der Waals surface area contributed by atoms with Gasteiger partial charge < -0.3 is 21.1 Å². The van der Waals surface area contributed by atoms with E-state index in [2.05, 4.69) is 15.6 Å². The van der Waals surface area contributed by atoms with E-state index < -0.39 is 17.7 Å². The number of anilines is 1. The molecule has 0 bridgehead atoms. The van der Waals surface area contributed by atoms with E-state index in [1.165, 1.54) is 6.92 Å². The number of nitrogens with one attached hydrogen (secondary N) is 2. The fourth-order valence-corrected chi connectivity index (χ4v) is 1.67. The zero-order valence-electron chi connectivity index (χ0n) is 13.7. The van der Waals surface area contributed by atoms with Crippen LogP contribution < -0.4 is 16.4 Å². The van der Waals surface area contributed by atoms with Gasteiger partial charge in [-0.2, -0.15) is 0 Å². The van der Waals surface area contributed by atoms with E-state index in [-0.39, 0.29) is 5.91 Å². The van der Waals surface area contributed by atoms with Crippen LogP contribution in [0.15, 0.2) is 12.1 Å². The van der Waals surface area contributed by atoms with Crippen molar-refractivity contribution in [1.82, 2.24) is 15.6 Å². The number of alkyl carbamates (subject to hydrolysis) is 1. The number of carbonyl (C=O) groups excluding carboxylic acids is 2. The highest BCUT2D eigenvalue weighted by Crippen LogP contribution is 2.08. The molecule has 1 atom stereocenters. The third kappa shape index (κ3) is 5.99. The first-order valence-corrected chi connectivity index (χ1v) is 7.07. The molecular formula is C15H24N4O3. The third-order valence-electron chi connectivity index (χ3n) is 2.80. The molecule has 0 spiro atoms. The Morgan fingerprint density at radius 1 is 1.36 bits per heavy atom. The highest BCUT2D eigenvalue weighted by molar-refractivity contribution is 5.83. The van der Waals surface area contributed by atoms with Crippen molar-refractivity contribution in [3.63, 3.8) is 0 Å². The van der Waals surface area contributed by atoms with Crippen LogP contribution in [0.1, 0.15) is 39.0 Å². The number of rotatable bonds is 4. The second-order valence-corrected chi connectivity index (χ2v) is 6.12. The van der Waals surface area contributed by atoms with Crippen LogP contribution >= 0.6 is 0 Å². The van der Waals surface area contributed by atoms with Gasteiger partial charge >= 0.3 is 6.09 Å². The molecule has 0 aliphatic carbocycles. The minimum Gasteiger partial charge on any atom is -0.436 e. The second kappa shape index (κ2) is 7.11. The Kier molecular flexibility index (Phi) is 5.73. The smallest absolute Gasteiger partial charge is 0.408 e. The molecular weight excluding hydrogens is 284 g/mol. The molecule has 1 heterocycles. The lowest BCUT2D eigenvalue weighted by Crippen LogP contribution is -2.44. The molecule has 0 aromatic carbocycles. The van der Waals surface area contributed by atoms with Crippen molar-refractivity contribution in [2.24, 2.45) is 0 Å². The van der Waals surface area contributed by atoms with Gasteiger partial charge in [0.1, 0.15) is 5.82 Å². The number of nitrogen functional groups attached to an aromatic ring is 1. The van der Waals surface area contributed by atoms with Crippen LogP contribution in [0.3, 0.4) is 0 Å². The number of carbonyl (C=O) groups is 2. The summed E-state index contributed by atoms with van der Waals surface area (Å²) in [6.45, 7) is 9.12. The summed E-state index contributed by atoms with van der Waals surface area (Å²) in [5.41, 5.74) is 6.76. The number of ether oxygens (including phenoxy) is 1. The van der Waals surface area contributed by atoms with E-state index in [1.54, 1.807) is 12.1 Å². The van der Waals surface area contributed by atoms with E-state index >= 15 is 0 Å².